The number of carbonyl (C=O) groups is 2. The van der Waals surface area contributed by atoms with E-state index in [1.54, 1.807) is 55.5 Å². The summed E-state index contributed by atoms with van der Waals surface area (Å²) in [6.07, 6.45) is -0.747. The van der Waals surface area contributed by atoms with E-state index in [1.807, 2.05) is 6.07 Å². The minimum absolute atomic E-state index is 0.185. The Morgan fingerprint density at radius 3 is 2.42 bits per heavy atom. The smallest absolute Gasteiger partial charge is 0.265 e. The molecular weight excluding hydrogens is 306 g/mol. The molecule has 0 bridgehead atoms. The fourth-order valence-corrected chi connectivity index (χ4v) is 2.02. The second kappa shape index (κ2) is 7.79. The number of rotatable bonds is 5. The predicted octanol–water partition coefficient (Wildman–Crippen LogP) is 2.92. The fourth-order valence-electron chi connectivity index (χ4n) is 2.02. The van der Waals surface area contributed by atoms with Crippen LogP contribution in [0.2, 0.25) is 0 Å². The lowest BCUT2D eigenvalue weighted by molar-refractivity contribution is -0.122. The maximum absolute atomic E-state index is 12.2. The Kier molecular flexibility index (Phi) is 5.53. The van der Waals surface area contributed by atoms with E-state index >= 15 is 0 Å². The van der Waals surface area contributed by atoms with E-state index in [1.165, 1.54) is 6.92 Å². The summed E-state index contributed by atoms with van der Waals surface area (Å²) in [7, 11) is 0. The van der Waals surface area contributed by atoms with Crippen molar-refractivity contribution in [3.05, 3.63) is 54.1 Å². The summed E-state index contributed by atoms with van der Waals surface area (Å²) in [6, 6.07) is 15.4. The molecule has 2 aromatic carbocycles. The van der Waals surface area contributed by atoms with E-state index in [4.69, 9.17) is 10.00 Å². The Morgan fingerprint density at radius 1 is 1.08 bits per heavy atom. The van der Waals surface area contributed by atoms with Crippen molar-refractivity contribution in [2.45, 2.75) is 20.0 Å². The van der Waals surface area contributed by atoms with Gasteiger partial charge in [-0.2, -0.15) is 5.26 Å². The van der Waals surface area contributed by atoms with Crippen LogP contribution >= 0.6 is 0 Å². The highest BCUT2D eigenvalue weighted by molar-refractivity contribution is 5.94. The van der Waals surface area contributed by atoms with E-state index in [-0.39, 0.29) is 11.8 Å². The third-order valence-electron chi connectivity index (χ3n) is 3.10. The Hall–Kier alpha value is -3.33. The van der Waals surface area contributed by atoms with Gasteiger partial charge in [-0.3, -0.25) is 9.59 Å². The summed E-state index contributed by atoms with van der Waals surface area (Å²) in [5.74, 6) is -0.0555. The number of nitrogens with zero attached hydrogens (tertiary/aromatic N) is 1. The number of nitriles is 1. The third-order valence-corrected chi connectivity index (χ3v) is 3.10. The monoisotopic (exact) mass is 323 g/mol. The first kappa shape index (κ1) is 17.0. The molecule has 0 aliphatic carbocycles. The van der Waals surface area contributed by atoms with Gasteiger partial charge in [-0.15, -0.1) is 0 Å². The lowest BCUT2D eigenvalue weighted by atomic mass is 10.2. The van der Waals surface area contributed by atoms with Crippen molar-refractivity contribution in [1.29, 1.82) is 5.26 Å². The second-order valence-corrected chi connectivity index (χ2v) is 5.15. The SMILES string of the molecule is CC(=O)Nc1cccc(O[C@@H](C)C(=O)Nc2cccc(C#N)c2)c1. The molecule has 122 valence electrons. The van der Waals surface area contributed by atoms with Crippen LogP contribution in [0.5, 0.6) is 5.75 Å². The van der Waals surface area contributed by atoms with Crippen LogP contribution in [0.15, 0.2) is 48.5 Å². The first-order chi connectivity index (χ1) is 11.5. The summed E-state index contributed by atoms with van der Waals surface area (Å²) < 4.78 is 5.60. The molecule has 0 saturated carbocycles. The van der Waals surface area contributed by atoms with Gasteiger partial charge in [0.25, 0.3) is 5.91 Å². The average Bonchev–Trinajstić information content (AvgIpc) is 2.54. The molecule has 2 rings (SSSR count). The summed E-state index contributed by atoms with van der Waals surface area (Å²) in [5, 5.41) is 14.2. The van der Waals surface area contributed by atoms with Crippen LogP contribution in [0, 0.1) is 11.3 Å². The zero-order valence-electron chi connectivity index (χ0n) is 13.4. The number of hydrogen-bond acceptors (Lipinski definition) is 4. The van der Waals surface area contributed by atoms with E-state index in [2.05, 4.69) is 10.6 Å². The lowest BCUT2D eigenvalue weighted by Crippen LogP contribution is -2.30. The Bertz CT molecular complexity index is 796. The van der Waals surface area contributed by atoms with E-state index in [0.717, 1.165) is 0 Å². The second-order valence-electron chi connectivity index (χ2n) is 5.15. The van der Waals surface area contributed by atoms with E-state index < -0.39 is 6.10 Å². The molecule has 6 heteroatoms. The fraction of sp³-hybridized carbons (Fsp3) is 0.167. The van der Waals surface area contributed by atoms with Crippen LogP contribution < -0.4 is 15.4 Å². The highest BCUT2D eigenvalue weighted by Gasteiger charge is 2.15. The molecule has 0 unspecified atom stereocenters. The van der Waals surface area contributed by atoms with Crippen molar-refractivity contribution >= 4 is 23.2 Å². The molecule has 0 fully saturated rings. The lowest BCUT2D eigenvalue weighted by Gasteiger charge is -2.15. The molecule has 0 spiro atoms. The topological polar surface area (TPSA) is 91.2 Å². The van der Waals surface area contributed by atoms with Gasteiger partial charge in [0.15, 0.2) is 6.10 Å². The van der Waals surface area contributed by atoms with Crippen LogP contribution in [0.25, 0.3) is 0 Å². The Labute approximate surface area is 140 Å². The largest absolute Gasteiger partial charge is 0.481 e. The van der Waals surface area contributed by atoms with Gasteiger partial charge >= 0.3 is 0 Å². The number of hydrogen-bond donors (Lipinski definition) is 2. The van der Waals surface area contributed by atoms with Gasteiger partial charge in [0.1, 0.15) is 5.75 Å². The minimum atomic E-state index is -0.747. The van der Waals surface area contributed by atoms with Gasteiger partial charge in [-0.05, 0) is 37.3 Å². The van der Waals surface area contributed by atoms with E-state index in [0.29, 0.717) is 22.7 Å². The van der Waals surface area contributed by atoms with Gasteiger partial charge in [-0.1, -0.05) is 12.1 Å². The molecule has 2 aromatic rings. The number of carbonyl (C=O) groups excluding carboxylic acids is 2. The third kappa shape index (κ3) is 4.85. The van der Waals surface area contributed by atoms with Gasteiger partial charge in [0, 0.05) is 24.4 Å². The first-order valence-corrected chi connectivity index (χ1v) is 7.33. The summed E-state index contributed by atoms with van der Waals surface area (Å²) in [4.78, 5) is 23.3. The van der Waals surface area contributed by atoms with Crippen molar-refractivity contribution in [2.24, 2.45) is 0 Å². The number of benzene rings is 2. The molecule has 0 aliphatic rings. The molecule has 2 N–H and O–H groups in total. The highest BCUT2D eigenvalue weighted by atomic mass is 16.5. The number of ether oxygens (including phenoxy) is 1. The molecule has 0 heterocycles. The molecular formula is C18H17N3O3. The van der Waals surface area contributed by atoms with Gasteiger partial charge < -0.3 is 15.4 Å². The summed E-state index contributed by atoms with van der Waals surface area (Å²) in [6.45, 7) is 3.04. The molecule has 0 aromatic heterocycles. The zero-order chi connectivity index (χ0) is 17.5. The highest BCUT2D eigenvalue weighted by Crippen LogP contribution is 2.19. The van der Waals surface area contributed by atoms with Crippen molar-refractivity contribution in [2.75, 3.05) is 10.6 Å². The van der Waals surface area contributed by atoms with Gasteiger partial charge in [0.2, 0.25) is 5.91 Å². The van der Waals surface area contributed by atoms with Crippen LogP contribution in [-0.4, -0.2) is 17.9 Å². The number of nitrogens with one attached hydrogen (secondary N) is 2. The average molecular weight is 323 g/mol. The van der Waals surface area contributed by atoms with Crippen LogP contribution in [0.4, 0.5) is 11.4 Å². The summed E-state index contributed by atoms with van der Waals surface area (Å²) >= 11 is 0. The Balaban J connectivity index is 2.01. The van der Waals surface area contributed by atoms with E-state index in [9.17, 15) is 9.59 Å². The molecule has 1 atom stereocenters. The van der Waals surface area contributed by atoms with Crippen molar-refractivity contribution in [3.8, 4) is 11.8 Å². The first-order valence-electron chi connectivity index (χ1n) is 7.33. The van der Waals surface area contributed by atoms with Crippen molar-refractivity contribution in [1.82, 2.24) is 0 Å². The van der Waals surface area contributed by atoms with Crippen molar-refractivity contribution < 1.29 is 14.3 Å². The summed E-state index contributed by atoms with van der Waals surface area (Å²) in [5.41, 5.74) is 1.58. The standard InChI is InChI=1S/C18H17N3O3/c1-12(18(23)21-15-6-3-5-14(9-15)11-19)24-17-8-4-7-16(10-17)20-13(2)22/h3-10,12H,1-2H3,(H,20,22)(H,21,23)/t12-/m0/s1. The molecule has 0 saturated heterocycles. The molecule has 24 heavy (non-hydrogen) atoms. The quantitative estimate of drug-likeness (QED) is 0.885. The zero-order valence-corrected chi connectivity index (χ0v) is 13.4. The van der Waals surface area contributed by atoms with Gasteiger partial charge in [0.05, 0.1) is 11.6 Å². The normalized spacial score (nSPS) is 11.0. The predicted molar refractivity (Wildman–Crippen MR) is 90.6 cm³/mol. The molecule has 0 aliphatic heterocycles. The number of anilines is 2. The maximum atomic E-state index is 12.2. The minimum Gasteiger partial charge on any atom is -0.481 e. The Morgan fingerprint density at radius 2 is 1.75 bits per heavy atom. The van der Waals surface area contributed by atoms with Crippen LogP contribution in [-0.2, 0) is 9.59 Å². The van der Waals surface area contributed by atoms with Gasteiger partial charge in [-0.25, -0.2) is 0 Å². The van der Waals surface area contributed by atoms with Crippen LogP contribution in [0.3, 0.4) is 0 Å². The molecule has 6 nitrogen and oxygen atoms in total. The number of amides is 2. The molecule has 0 radical (unpaired) electrons. The maximum Gasteiger partial charge on any atom is 0.265 e. The molecule has 2 amide bonds. The van der Waals surface area contributed by atoms with Crippen LogP contribution in [0.1, 0.15) is 19.4 Å². The van der Waals surface area contributed by atoms with Crippen molar-refractivity contribution in [3.63, 3.8) is 0 Å².